The van der Waals surface area contributed by atoms with Gasteiger partial charge in [0.1, 0.15) is 17.8 Å². The summed E-state index contributed by atoms with van der Waals surface area (Å²) in [6.07, 6.45) is 0.900. The molecule has 0 aliphatic heterocycles. The van der Waals surface area contributed by atoms with Crippen LogP contribution < -0.4 is 4.74 Å². The van der Waals surface area contributed by atoms with Gasteiger partial charge in [-0.25, -0.2) is 9.37 Å². The third kappa shape index (κ3) is 3.07. The number of hydrogen-bond donors (Lipinski definition) is 0. The Morgan fingerprint density at radius 1 is 1.37 bits per heavy atom. The fourth-order valence-corrected chi connectivity index (χ4v) is 1.43. The van der Waals surface area contributed by atoms with Crippen molar-refractivity contribution in [3.8, 4) is 11.6 Å². The highest BCUT2D eigenvalue weighted by molar-refractivity contribution is 6.30. The quantitative estimate of drug-likeness (QED) is 0.491. The zero-order chi connectivity index (χ0) is 14.0. The van der Waals surface area contributed by atoms with Crippen molar-refractivity contribution in [2.75, 3.05) is 0 Å². The normalized spacial score (nSPS) is 10.3. The van der Waals surface area contributed by atoms with Crippen LogP contribution in [0.3, 0.4) is 0 Å². The van der Waals surface area contributed by atoms with Crippen molar-refractivity contribution in [3.05, 3.63) is 50.6 Å². The van der Waals surface area contributed by atoms with Crippen molar-refractivity contribution in [2.24, 2.45) is 0 Å². The van der Waals surface area contributed by atoms with Crippen molar-refractivity contribution in [2.45, 2.75) is 0 Å². The molecule has 1 aromatic heterocycles. The van der Waals surface area contributed by atoms with Crippen molar-refractivity contribution in [1.29, 1.82) is 0 Å². The van der Waals surface area contributed by atoms with Crippen molar-refractivity contribution in [1.82, 2.24) is 9.97 Å². The smallest absolute Gasteiger partial charge is 0.349 e. The van der Waals surface area contributed by atoms with Crippen molar-refractivity contribution < 1.29 is 14.1 Å². The third-order valence-corrected chi connectivity index (χ3v) is 2.50. The van der Waals surface area contributed by atoms with E-state index >= 15 is 0 Å². The fourth-order valence-electron chi connectivity index (χ4n) is 1.19. The van der Waals surface area contributed by atoms with Crippen molar-refractivity contribution in [3.63, 3.8) is 0 Å². The molecule has 0 aliphatic rings. The maximum Gasteiger partial charge on any atom is 0.349 e. The van der Waals surface area contributed by atoms with Gasteiger partial charge in [-0.15, -0.1) is 0 Å². The molecule has 0 atom stereocenters. The van der Waals surface area contributed by atoms with Crippen LogP contribution in [0, 0.1) is 15.9 Å². The first-order chi connectivity index (χ1) is 8.97. The van der Waals surface area contributed by atoms with E-state index in [0.717, 1.165) is 12.3 Å². The Bertz CT molecular complexity index is 654. The van der Waals surface area contributed by atoms with Gasteiger partial charge in [-0.3, -0.25) is 10.1 Å². The zero-order valence-electron chi connectivity index (χ0n) is 9.01. The Labute approximate surface area is 115 Å². The number of nitrogens with zero attached hydrogens (tertiary/aromatic N) is 3. The molecular weight excluding hydrogens is 300 g/mol. The monoisotopic (exact) mass is 303 g/mol. The summed E-state index contributed by atoms with van der Waals surface area (Å²) >= 11 is 11.0. The fraction of sp³-hybridized carbons (Fsp3) is 0. The molecule has 0 amide bonds. The van der Waals surface area contributed by atoms with Crippen LogP contribution in [0.1, 0.15) is 0 Å². The van der Waals surface area contributed by atoms with Gasteiger partial charge in [0.2, 0.25) is 5.28 Å². The van der Waals surface area contributed by atoms with Gasteiger partial charge >= 0.3 is 11.6 Å². The molecule has 0 bridgehead atoms. The van der Waals surface area contributed by atoms with E-state index in [9.17, 15) is 14.5 Å². The third-order valence-electron chi connectivity index (χ3n) is 2.01. The standard InChI is InChI=1S/C10H4Cl2FN3O3/c11-6-2-1-5(3-7(6)13)19-9-8(16(17)18)4-14-10(12)15-9/h1-4H. The molecule has 0 saturated carbocycles. The second-order valence-corrected chi connectivity index (χ2v) is 4.01. The molecule has 6 nitrogen and oxygen atoms in total. The Morgan fingerprint density at radius 3 is 2.74 bits per heavy atom. The number of ether oxygens (including phenoxy) is 1. The zero-order valence-corrected chi connectivity index (χ0v) is 10.5. The van der Waals surface area contributed by atoms with Gasteiger partial charge in [0.15, 0.2) is 0 Å². The van der Waals surface area contributed by atoms with Gasteiger partial charge in [-0.05, 0) is 23.7 Å². The molecule has 0 saturated heterocycles. The summed E-state index contributed by atoms with van der Waals surface area (Å²) in [5.41, 5.74) is -0.486. The van der Waals surface area contributed by atoms with Gasteiger partial charge in [0, 0.05) is 6.07 Å². The molecule has 0 radical (unpaired) electrons. The minimum atomic E-state index is -0.738. The van der Waals surface area contributed by atoms with Gasteiger partial charge in [-0.2, -0.15) is 4.98 Å². The van der Waals surface area contributed by atoms with Crippen LogP contribution in [0.15, 0.2) is 24.4 Å². The molecule has 2 aromatic rings. The van der Waals surface area contributed by atoms with E-state index in [-0.39, 0.29) is 21.9 Å². The lowest BCUT2D eigenvalue weighted by Crippen LogP contribution is -1.98. The SMILES string of the molecule is O=[N+]([O-])c1cnc(Cl)nc1Oc1ccc(Cl)c(F)c1. The lowest BCUT2D eigenvalue weighted by Gasteiger charge is -2.05. The second-order valence-electron chi connectivity index (χ2n) is 3.26. The molecule has 1 heterocycles. The molecule has 0 fully saturated rings. The molecule has 0 aliphatic carbocycles. The van der Waals surface area contributed by atoms with E-state index in [0.29, 0.717) is 0 Å². The predicted octanol–water partition coefficient (Wildman–Crippen LogP) is 3.62. The lowest BCUT2D eigenvalue weighted by molar-refractivity contribution is -0.386. The number of nitro groups is 1. The number of aromatic nitrogens is 2. The van der Waals surface area contributed by atoms with Crippen LogP contribution in [0.25, 0.3) is 0 Å². The second kappa shape index (κ2) is 5.33. The lowest BCUT2D eigenvalue weighted by atomic mass is 10.3. The van der Waals surface area contributed by atoms with E-state index in [1.807, 2.05) is 0 Å². The predicted molar refractivity (Wildman–Crippen MR) is 65.2 cm³/mol. The molecular formula is C10H4Cl2FN3O3. The van der Waals surface area contributed by atoms with Gasteiger partial charge in [-0.1, -0.05) is 11.6 Å². The number of rotatable bonds is 3. The van der Waals surface area contributed by atoms with Crippen molar-refractivity contribution >= 4 is 28.9 Å². The number of halogens is 3. The molecule has 19 heavy (non-hydrogen) atoms. The van der Waals surface area contributed by atoms with Crippen LogP contribution >= 0.6 is 23.2 Å². The van der Waals surface area contributed by atoms with Crippen LogP contribution in [0.5, 0.6) is 11.6 Å². The molecule has 98 valence electrons. The highest BCUT2D eigenvalue weighted by Gasteiger charge is 2.19. The average Bonchev–Trinajstić information content (AvgIpc) is 2.33. The summed E-state index contributed by atoms with van der Waals surface area (Å²) in [7, 11) is 0. The maximum absolute atomic E-state index is 13.2. The van der Waals surface area contributed by atoms with E-state index in [4.69, 9.17) is 27.9 Å². The minimum Gasteiger partial charge on any atom is -0.433 e. The Balaban J connectivity index is 2.39. The summed E-state index contributed by atoms with van der Waals surface area (Å²) in [4.78, 5) is 17.1. The van der Waals surface area contributed by atoms with E-state index in [1.165, 1.54) is 12.1 Å². The molecule has 0 N–H and O–H groups in total. The van der Waals surface area contributed by atoms with E-state index in [2.05, 4.69) is 9.97 Å². The summed E-state index contributed by atoms with van der Waals surface area (Å²) in [6.45, 7) is 0. The number of benzene rings is 1. The first kappa shape index (κ1) is 13.4. The summed E-state index contributed by atoms with van der Waals surface area (Å²) in [5, 5.41) is 10.4. The largest absolute Gasteiger partial charge is 0.433 e. The average molecular weight is 304 g/mol. The van der Waals surface area contributed by atoms with E-state index < -0.39 is 16.4 Å². The molecule has 0 spiro atoms. The summed E-state index contributed by atoms with van der Waals surface area (Å²) < 4.78 is 18.3. The Kier molecular flexibility index (Phi) is 3.77. The molecule has 9 heteroatoms. The number of hydrogen-bond acceptors (Lipinski definition) is 5. The van der Waals surface area contributed by atoms with Gasteiger partial charge in [0.05, 0.1) is 9.95 Å². The first-order valence-electron chi connectivity index (χ1n) is 4.77. The summed E-state index contributed by atoms with van der Waals surface area (Å²) in [5.74, 6) is -1.10. The maximum atomic E-state index is 13.2. The molecule has 0 unspecified atom stereocenters. The highest BCUT2D eigenvalue weighted by Crippen LogP contribution is 2.30. The van der Waals surface area contributed by atoms with Crippen LogP contribution in [0.2, 0.25) is 10.3 Å². The Morgan fingerprint density at radius 2 is 2.11 bits per heavy atom. The Hall–Kier alpha value is -1.99. The van der Waals surface area contributed by atoms with Crippen LogP contribution in [-0.4, -0.2) is 14.9 Å². The molecule has 1 aromatic carbocycles. The van der Waals surface area contributed by atoms with E-state index in [1.54, 1.807) is 0 Å². The van der Waals surface area contributed by atoms with Gasteiger partial charge < -0.3 is 4.74 Å². The van der Waals surface area contributed by atoms with Gasteiger partial charge in [0.25, 0.3) is 0 Å². The molecule has 2 rings (SSSR count). The highest BCUT2D eigenvalue weighted by atomic mass is 35.5. The first-order valence-corrected chi connectivity index (χ1v) is 5.53. The minimum absolute atomic E-state index is 0.000216. The van der Waals surface area contributed by atoms with Crippen LogP contribution in [-0.2, 0) is 0 Å². The topological polar surface area (TPSA) is 78.2 Å². The summed E-state index contributed by atoms with van der Waals surface area (Å²) in [6, 6.07) is 3.56. The van der Waals surface area contributed by atoms with Crippen LogP contribution in [0.4, 0.5) is 10.1 Å².